The molecular formula is C12H19NOS. The molecule has 0 heterocycles. The molecule has 0 amide bonds. The van der Waals surface area contributed by atoms with Gasteiger partial charge in [0, 0.05) is 16.0 Å². The number of phenols is 1. The summed E-state index contributed by atoms with van der Waals surface area (Å²) in [6.07, 6.45) is 2.70. The van der Waals surface area contributed by atoms with E-state index in [9.17, 15) is 5.11 Å². The van der Waals surface area contributed by atoms with Crippen molar-refractivity contribution in [2.75, 3.05) is 6.26 Å². The van der Waals surface area contributed by atoms with E-state index in [1.807, 2.05) is 39.2 Å². The third kappa shape index (κ3) is 3.14. The van der Waals surface area contributed by atoms with Crippen molar-refractivity contribution in [1.29, 1.82) is 0 Å². The van der Waals surface area contributed by atoms with Crippen LogP contribution in [0.4, 0.5) is 0 Å². The molecule has 0 aliphatic heterocycles. The highest BCUT2D eigenvalue weighted by Gasteiger charge is 2.18. The summed E-state index contributed by atoms with van der Waals surface area (Å²) in [6, 6.07) is 3.98. The summed E-state index contributed by atoms with van der Waals surface area (Å²) >= 11 is 1.64. The molecule has 0 bridgehead atoms. The van der Waals surface area contributed by atoms with Gasteiger partial charge in [0.05, 0.1) is 0 Å². The van der Waals surface area contributed by atoms with Gasteiger partial charge in [0.15, 0.2) is 0 Å². The molecule has 0 atom stereocenters. The van der Waals surface area contributed by atoms with Crippen LogP contribution in [0.1, 0.15) is 25.0 Å². The van der Waals surface area contributed by atoms with Crippen molar-refractivity contribution in [3.05, 3.63) is 23.3 Å². The van der Waals surface area contributed by atoms with Gasteiger partial charge in [-0.25, -0.2) is 0 Å². The predicted molar refractivity (Wildman–Crippen MR) is 66.6 cm³/mol. The topological polar surface area (TPSA) is 46.2 Å². The predicted octanol–water partition coefficient (Wildman–Crippen LogP) is 2.70. The molecular weight excluding hydrogens is 206 g/mol. The minimum absolute atomic E-state index is 0.296. The van der Waals surface area contributed by atoms with Crippen LogP contribution in [-0.2, 0) is 6.42 Å². The van der Waals surface area contributed by atoms with Crippen LogP contribution in [-0.4, -0.2) is 16.9 Å². The minimum atomic E-state index is -0.296. The van der Waals surface area contributed by atoms with E-state index in [1.54, 1.807) is 11.8 Å². The summed E-state index contributed by atoms with van der Waals surface area (Å²) in [7, 11) is 0. The first-order valence-corrected chi connectivity index (χ1v) is 6.22. The molecule has 0 fully saturated rings. The van der Waals surface area contributed by atoms with Gasteiger partial charge >= 0.3 is 0 Å². The van der Waals surface area contributed by atoms with Crippen molar-refractivity contribution in [2.24, 2.45) is 5.73 Å². The Morgan fingerprint density at radius 1 is 1.40 bits per heavy atom. The largest absolute Gasteiger partial charge is 0.507 e. The maximum absolute atomic E-state index is 10.0. The van der Waals surface area contributed by atoms with Crippen LogP contribution in [0.15, 0.2) is 17.0 Å². The molecule has 0 aliphatic rings. The second kappa shape index (κ2) is 4.45. The van der Waals surface area contributed by atoms with E-state index in [1.165, 1.54) is 0 Å². The zero-order chi connectivity index (χ0) is 11.6. The van der Waals surface area contributed by atoms with Gasteiger partial charge in [0.2, 0.25) is 0 Å². The zero-order valence-corrected chi connectivity index (χ0v) is 10.6. The number of phenolic OH excluding ortho intramolecular Hbond substituents is 1. The van der Waals surface area contributed by atoms with Gasteiger partial charge < -0.3 is 10.8 Å². The highest BCUT2D eigenvalue weighted by atomic mass is 32.2. The average Bonchev–Trinajstić information content (AvgIpc) is 2.11. The number of thioether (sulfide) groups is 1. The third-order valence-electron chi connectivity index (χ3n) is 2.29. The van der Waals surface area contributed by atoms with Crippen molar-refractivity contribution in [1.82, 2.24) is 0 Å². The molecule has 0 radical (unpaired) electrons. The van der Waals surface area contributed by atoms with Crippen LogP contribution in [0.3, 0.4) is 0 Å². The maximum Gasteiger partial charge on any atom is 0.122 e. The molecule has 2 nitrogen and oxygen atoms in total. The lowest BCUT2D eigenvalue weighted by Crippen LogP contribution is -2.34. The fourth-order valence-corrected chi connectivity index (χ4v) is 2.17. The molecule has 3 N–H and O–H groups in total. The van der Waals surface area contributed by atoms with Crippen molar-refractivity contribution in [3.8, 4) is 5.75 Å². The quantitative estimate of drug-likeness (QED) is 0.777. The van der Waals surface area contributed by atoms with Gasteiger partial charge in [0.1, 0.15) is 5.75 Å². The smallest absolute Gasteiger partial charge is 0.122 e. The van der Waals surface area contributed by atoms with Crippen molar-refractivity contribution >= 4 is 11.8 Å². The fourth-order valence-electron chi connectivity index (χ4n) is 1.55. The molecule has 0 aromatic heterocycles. The van der Waals surface area contributed by atoms with Gasteiger partial charge in [-0.3, -0.25) is 0 Å². The van der Waals surface area contributed by atoms with E-state index >= 15 is 0 Å². The first-order chi connectivity index (χ1) is 6.85. The van der Waals surface area contributed by atoms with Crippen LogP contribution < -0.4 is 5.73 Å². The molecule has 0 spiro atoms. The summed E-state index contributed by atoms with van der Waals surface area (Å²) in [5.41, 5.74) is 7.57. The first-order valence-electron chi connectivity index (χ1n) is 4.99. The summed E-state index contributed by atoms with van der Waals surface area (Å²) in [6.45, 7) is 5.85. The Hall–Kier alpha value is -0.670. The molecule has 84 valence electrons. The molecule has 1 aromatic rings. The number of aryl methyl sites for hydroxylation is 1. The van der Waals surface area contributed by atoms with Crippen molar-refractivity contribution in [3.63, 3.8) is 0 Å². The van der Waals surface area contributed by atoms with Crippen molar-refractivity contribution < 1.29 is 5.11 Å². The Morgan fingerprint density at radius 3 is 2.47 bits per heavy atom. The number of aromatic hydroxyl groups is 1. The molecule has 1 rings (SSSR count). The number of benzene rings is 1. The lowest BCUT2D eigenvalue weighted by atomic mass is 9.94. The molecule has 0 saturated carbocycles. The molecule has 3 heteroatoms. The van der Waals surface area contributed by atoms with Crippen LogP contribution in [0.5, 0.6) is 5.75 Å². The highest BCUT2D eigenvalue weighted by Crippen LogP contribution is 2.33. The lowest BCUT2D eigenvalue weighted by molar-refractivity contribution is 0.442. The monoisotopic (exact) mass is 225 g/mol. The Morgan fingerprint density at radius 2 is 2.00 bits per heavy atom. The van der Waals surface area contributed by atoms with Gasteiger partial charge in [-0.05, 0) is 45.1 Å². The Balaban J connectivity index is 3.18. The standard InChI is InChI=1S/C12H19NOS/c1-8-5-6-10(15-4)9(11(8)14)7-12(2,3)13/h5-6,14H,7,13H2,1-4H3. The number of rotatable bonds is 3. The van der Waals surface area contributed by atoms with Gasteiger partial charge in [-0.2, -0.15) is 0 Å². The third-order valence-corrected chi connectivity index (χ3v) is 3.12. The van der Waals surface area contributed by atoms with E-state index in [0.717, 1.165) is 16.0 Å². The van der Waals surface area contributed by atoms with E-state index in [-0.39, 0.29) is 5.54 Å². The van der Waals surface area contributed by atoms with E-state index in [0.29, 0.717) is 12.2 Å². The Labute approximate surface area is 95.9 Å². The van der Waals surface area contributed by atoms with Crippen LogP contribution >= 0.6 is 11.8 Å². The van der Waals surface area contributed by atoms with Gasteiger partial charge in [-0.15, -0.1) is 11.8 Å². The summed E-state index contributed by atoms with van der Waals surface area (Å²) in [5, 5.41) is 10.0. The van der Waals surface area contributed by atoms with Crippen molar-refractivity contribution in [2.45, 2.75) is 37.6 Å². The lowest BCUT2D eigenvalue weighted by Gasteiger charge is -2.21. The molecule has 15 heavy (non-hydrogen) atoms. The Bertz CT molecular complexity index is 355. The van der Waals surface area contributed by atoms with E-state index in [4.69, 9.17) is 5.73 Å². The number of hydrogen-bond acceptors (Lipinski definition) is 3. The highest BCUT2D eigenvalue weighted by molar-refractivity contribution is 7.98. The molecule has 0 unspecified atom stereocenters. The SMILES string of the molecule is CSc1ccc(C)c(O)c1CC(C)(C)N. The van der Waals surface area contributed by atoms with Crippen LogP contribution in [0, 0.1) is 6.92 Å². The second-order valence-corrected chi connectivity index (χ2v) is 5.43. The van der Waals surface area contributed by atoms with E-state index < -0.39 is 0 Å². The maximum atomic E-state index is 10.0. The van der Waals surface area contributed by atoms with Crippen LogP contribution in [0.2, 0.25) is 0 Å². The normalized spacial score (nSPS) is 11.8. The zero-order valence-electron chi connectivity index (χ0n) is 9.79. The summed E-state index contributed by atoms with van der Waals surface area (Å²) in [4.78, 5) is 1.11. The number of nitrogens with two attached hydrogens (primary N) is 1. The minimum Gasteiger partial charge on any atom is -0.507 e. The molecule has 0 saturated heterocycles. The first kappa shape index (κ1) is 12.4. The Kier molecular flexibility index (Phi) is 3.68. The second-order valence-electron chi connectivity index (χ2n) is 4.58. The number of hydrogen-bond donors (Lipinski definition) is 2. The fraction of sp³-hybridized carbons (Fsp3) is 0.500. The summed E-state index contributed by atoms with van der Waals surface area (Å²) in [5.74, 6) is 0.389. The molecule has 1 aromatic carbocycles. The summed E-state index contributed by atoms with van der Waals surface area (Å²) < 4.78 is 0. The van der Waals surface area contributed by atoms with Gasteiger partial charge in [-0.1, -0.05) is 6.07 Å². The average molecular weight is 225 g/mol. The van der Waals surface area contributed by atoms with Crippen LogP contribution in [0.25, 0.3) is 0 Å². The van der Waals surface area contributed by atoms with Gasteiger partial charge in [0.25, 0.3) is 0 Å². The van der Waals surface area contributed by atoms with E-state index in [2.05, 4.69) is 0 Å². The molecule has 0 aliphatic carbocycles.